The molecule has 0 aromatic rings. The first-order chi connectivity index (χ1) is 9.15. The number of ether oxygens (including phenoxy) is 1. The van der Waals surface area contributed by atoms with Gasteiger partial charge in [0.2, 0.25) is 0 Å². The molecule has 0 amide bonds. The smallest absolute Gasteiger partial charge is 0.193 e. The van der Waals surface area contributed by atoms with Crippen molar-refractivity contribution in [3.05, 3.63) is 0 Å². The molecule has 0 bridgehead atoms. The second-order valence-corrected chi connectivity index (χ2v) is 6.10. The largest absolute Gasteiger partial charge is 0.381 e. The van der Waals surface area contributed by atoms with E-state index < -0.39 is 0 Å². The van der Waals surface area contributed by atoms with Crippen LogP contribution in [0.25, 0.3) is 0 Å². The van der Waals surface area contributed by atoms with Gasteiger partial charge in [-0.3, -0.25) is 4.99 Å². The normalized spacial score (nSPS) is 27.8. The zero-order chi connectivity index (χ0) is 13.7. The minimum atomic E-state index is 0.404. The standard InChI is InChI=1S/C14H28N4O/c1-15-13(16-7-4-8-17(2)3)18-9-5-14(11-18)6-10-19-12-14/h4-12H2,1-3H3,(H,15,16). The van der Waals surface area contributed by atoms with Crippen LogP contribution in [-0.4, -0.2) is 76.3 Å². The highest BCUT2D eigenvalue weighted by Gasteiger charge is 2.42. The maximum absolute atomic E-state index is 5.58. The first-order valence-corrected chi connectivity index (χ1v) is 7.33. The van der Waals surface area contributed by atoms with Crippen molar-refractivity contribution in [3.63, 3.8) is 0 Å². The molecule has 2 fully saturated rings. The topological polar surface area (TPSA) is 40.1 Å². The van der Waals surface area contributed by atoms with Crippen molar-refractivity contribution in [1.82, 2.24) is 15.1 Å². The number of hydrogen-bond donors (Lipinski definition) is 1. The Labute approximate surface area is 117 Å². The van der Waals surface area contributed by atoms with E-state index in [4.69, 9.17) is 4.74 Å². The molecular weight excluding hydrogens is 240 g/mol. The molecule has 2 aliphatic heterocycles. The van der Waals surface area contributed by atoms with Crippen LogP contribution >= 0.6 is 0 Å². The van der Waals surface area contributed by atoms with Crippen molar-refractivity contribution in [2.75, 3.05) is 60.5 Å². The maximum Gasteiger partial charge on any atom is 0.193 e. The lowest BCUT2D eigenvalue weighted by atomic mass is 9.87. The highest BCUT2D eigenvalue weighted by atomic mass is 16.5. The molecule has 110 valence electrons. The van der Waals surface area contributed by atoms with Gasteiger partial charge in [0.05, 0.1) is 6.61 Å². The van der Waals surface area contributed by atoms with E-state index in [1.807, 2.05) is 7.05 Å². The third kappa shape index (κ3) is 3.83. The summed E-state index contributed by atoms with van der Waals surface area (Å²) >= 11 is 0. The van der Waals surface area contributed by atoms with Gasteiger partial charge in [-0.1, -0.05) is 0 Å². The van der Waals surface area contributed by atoms with Gasteiger partial charge in [-0.25, -0.2) is 0 Å². The lowest BCUT2D eigenvalue weighted by molar-refractivity contribution is 0.156. The molecule has 0 aromatic heterocycles. The van der Waals surface area contributed by atoms with Crippen molar-refractivity contribution in [2.24, 2.45) is 10.4 Å². The lowest BCUT2D eigenvalue weighted by Crippen LogP contribution is -2.42. The minimum Gasteiger partial charge on any atom is -0.381 e. The van der Waals surface area contributed by atoms with Crippen LogP contribution in [-0.2, 0) is 4.74 Å². The molecule has 2 rings (SSSR count). The Bertz CT molecular complexity index is 311. The van der Waals surface area contributed by atoms with E-state index >= 15 is 0 Å². The fourth-order valence-corrected chi connectivity index (χ4v) is 3.02. The van der Waals surface area contributed by atoms with Crippen molar-refractivity contribution in [1.29, 1.82) is 0 Å². The molecule has 5 nitrogen and oxygen atoms in total. The summed E-state index contributed by atoms with van der Waals surface area (Å²) in [5.74, 6) is 1.06. The number of rotatable bonds is 4. The fourth-order valence-electron chi connectivity index (χ4n) is 3.02. The molecular formula is C14H28N4O. The highest BCUT2D eigenvalue weighted by Crippen LogP contribution is 2.38. The van der Waals surface area contributed by atoms with Crippen LogP contribution in [0.15, 0.2) is 4.99 Å². The Morgan fingerprint density at radius 3 is 2.89 bits per heavy atom. The van der Waals surface area contributed by atoms with Gasteiger partial charge in [-0.15, -0.1) is 0 Å². The van der Waals surface area contributed by atoms with E-state index in [9.17, 15) is 0 Å². The van der Waals surface area contributed by atoms with E-state index in [1.54, 1.807) is 0 Å². The maximum atomic E-state index is 5.58. The Morgan fingerprint density at radius 2 is 2.26 bits per heavy atom. The Hall–Kier alpha value is -0.810. The van der Waals surface area contributed by atoms with Crippen LogP contribution in [0.4, 0.5) is 0 Å². The summed E-state index contributed by atoms with van der Waals surface area (Å²) in [4.78, 5) is 9.02. The zero-order valence-electron chi connectivity index (χ0n) is 12.6. The van der Waals surface area contributed by atoms with Crippen molar-refractivity contribution in [2.45, 2.75) is 19.3 Å². The summed E-state index contributed by atoms with van der Waals surface area (Å²) in [6.45, 7) is 6.17. The second-order valence-electron chi connectivity index (χ2n) is 6.10. The van der Waals surface area contributed by atoms with Crippen LogP contribution in [0.2, 0.25) is 0 Å². The fraction of sp³-hybridized carbons (Fsp3) is 0.929. The molecule has 1 unspecified atom stereocenters. The van der Waals surface area contributed by atoms with Gasteiger partial charge in [0.15, 0.2) is 5.96 Å². The summed E-state index contributed by atoms with van der Waals surface area (Å²) in [5, 5.41) is 3.48. The van der Waals surface area contributed by atoms with E-state index in [-0.39, 0.29) is 0 Å². The number of nitrogens with zero attached hydrogens (tertiary/aromatic N) is 3. The summed E-state index contributed by atoms with van der Waals surface area (Å²) < 4.78 is 5.58. The summed E-state index contributed by atoms with van der Waals surface area (Å²) in [5.41, 5.74) is 0.404. The van der Waals surface area contributed by atoms with Gasteiger partial charge in [-0.2, -0.15) is 0 Å². The predicted molar refractivity (Wildman–Crippen MR) is 78.6 cm³/mol. The van der Waals surface area contributed by atoms with Gasteiger partial charge in [-0.05, 0) is 39.9 Å². The first-order valence-electron chi connectivity index (χ1n) is 7.33. The zero-order valence-corrected chi connectivity index (χ0v) is 12.6. The molecule has 0 saturated carbocycles. The Morgan fingerprint density at radius 1 is 1.42 bits per heavy atom. The predicted octanol–water partition coefficient (Wildman–Crippen LogP) is 0.626. The highest BCUT2D eigenvalue weighted by molar-refractivity contribution is 5.80. The molecule has 1 atom stereocenters. The molecule has 1 N–H and O–H groups in total. The van der Waals surface area contributed by atoms with E-state index in [0.29, 0.717) is 5.41 Å². The molecule has 2 heterocycles. The molecule has 19 heavy (non-hydrogen) atoms. The first kappa shape index (κ1) is 14.6. The van der Waals surface area contributed by atoms with E-state index in [0.717, 1.165) is 51.8 Å². The van der Waals surface area contributed by atoms with Crippen molar-refractivity contribution in [3.8, 4) is 0 Å². The molecule has 1 spiro atoms. The monoisotopic (exact) mass is 268 g/mol. The number of likely N-dealkylation sites (tertiary alicyclic amines) is 1. The molecule has 0 radical (unpaired) electrons. The summed E-state index contributed by atoms with van der Waals surface area (Å²) in [6.07, 6.45) is 3.60. The third-order valence-electron chi connectivity index (χ3n) is 4.20. The Kier molecular flexibility index (Phi) is 5.05. The number of guanidine groups is 1. The average Bonchev–Trinajstić information content (AvgIpc) is 3.00. The number of aliphatic imine (C=N–C) groups is 1. The molecule has 0 aliphatic carbocycles. The molecule has 2 aliphatic rings. The SMILES string of the molecule is CN=C(NCCCN(C)C)N1CCC2(CCOC2)C1. The van der Waals surface area contributed by atoms with Crippen LogP contribution in [0, 0.1) is 5.41 Å². The van der Waals surface area contributed by atoms with Crippen LogP contribution in [0.1, 0.15) is 19.3 Å². The average molecular weight is 268 g/mol. The van der Waals surface area contributed by atoms with Gasteiger partial charge in [0.25, 0.3) is 0 Å². The molecule has 2 saturated heterocycles. The van der Waals surface area contributed by atoms with Crippen molar-refractivity contribution >= 4 is 5.96 Å². The Balaban J connectivity index is 1.76. The number of hydrogen-bond acceptors (Lipinski definition) is 3. The van der Waals surface area contributed by atoms with Gasteiger partial charge in [0, 0.05) is 38.7 Å². The quantitative estimate of drug-likeness (QED) is 0.461. The third-order valence-corrected chi connectivity index (χ3v) is 4.20. The van der Waals surface area contributed by atoms with E-state index in [2.05, 4.69) is 34.2 Å². The second kappa shape index (κ2) is 6.57. The summed E-state index contributed by atoms with van der Waals surface area (Å²) in [6, 6.07) is 0. The summed E-state index contributed by atoms with van der Waals surface area (Å²) in [7, 11) is 6.10. The van der Waals surface area contributed by atoms with Gasteiger partial charge < -0.3 is 19.9 Å². The van der Waals surface area contributed by atoms with Crippen LogP contribution < -0.4 is 5.32 Å². The van der Waals surface area contributed by atoms with Crippen molar-refractivity contribution < 1.29 is 4.74 Å². The van der Waals surface area contributed by atoms with E-state index in [1.165, 1.54) is 12.8 Å². The van der Waals surface area contributed by atoms with Gasteiger partial charge >= 0.3 is 0 Å². The number of nitrogens with one attached hydrogen (secondary N) is 1. The molecule has 0 aromatic carbocycles. The molecule has 5 heteroatoms. The lowest BCUT2D eigenvalue weighted by Gasteiger charge is -2.25. The minimum absolute atomic E-state index is 0.404. The van der Waals surface area contributed by atoms with Crippen LogP contribution in [0.5, 0.6) is 0 Å². The van der Waals surface area contributed by atoms with Crippen LogP contribution in [0.3, 0.4) is 0 Å². The van der Waals surface area contributed by atoms with Gasteiger partial charge in [0.1, 0.15) is 0 Å².